The monoisotopic (exact) mass is 831 g/mol. The Morgan fingerprint density at radius 2 is 1.75 bits per heavy atom. The van der Waals surface area contributed by atoms with Crippen molar-refractivity contribution in [1.82, 2.24) is 10.3 Å². The average molecular weight is 832 g/mol. The second-order valence-corrected chi connectivity index (χ2v) is 20.9. The van der Waals surface area contributed by atoms with Gasteiger partial charge in [-0.05, 0) is 142 Å². The van der Waals surface area contributed by atoms with Gasteiger partial charge in [-0.25, -0.2) is 0 Å². The standard InChI is InChI=1S/C47H65N3O8S/c1-28(13-16-41(54)48-21-22-59(56,57)58)35-14-15-36-43-37(25-40(53)46(35,36)5)45(4)19-20-47(55,26-33(45)24-39(43)52)18-17-31-9-8-10-32(23-31)27-49-44-34-11-6-7-12-38(34)50-29(2)42(44)30(3)51/h6-12,23,28,33,35-37,39-40,43,52-53,55H,13-22,24-27H2,1-5H3,(H,48,54)(H,49,50)(H,56,57,58)/t28-,33?,35-,36?,37?,39?,40+,43?,45+,46-,47-/m1/s1. The van der Waals surface area contributed by atoms with Crippen molar-refractivity contribution >= 4 is 38.4 Å². The zero-order valence-electron chi connectivity index (χ0n) is 35.4. The van der Waals surface area contributed by atoms with Gasteiger partial charge >= 0.3 is 0 Å². The summed E-state index contributed by atoms with van der Waals surface area (Å²) in [6, 6.07) is 16.3. The zero-order valence-corrected chi connectivity index (χ0v) is 36.2. The number of benzene rings is 2. The van der Waals surface area contributed by atoms with Gasteiger partial charge < -0.3 is 26.0 Å². The van der Waals surface area contributed by atoms with Gasteiger partial charge in [0.2, 0.25) is 5.91 Å². The molecule has 59 heavy (non-hydrogen) atoms. The number of carbonyl (C=O) groups is 2. The molecule has 12 heteroatoms. The number of ketones is 1. The molecule has 1 heterocycles. The van der Waals surface area contributed by atoms with Crippen LogP contribution in [0.5, 0.6) is 0 Å². The number of hydrogen-bond donors (Lipinski definition) is 6. The number of aliphatic hydroxyl groups excluding tert-OH is 2. The van der Waals surface area contributed by atoms with Crippen molar-refractivity contribution in [3.63, 3.8) is 0 Å². The minimum absolute atomic E-state index is 0.0256. The van der Waals surface area contributed by atoms with Crippen molar-refractivity contribution in [2.45, 2.75) is 130 Å². The quantitative estimate of drug-likeness (QED) is 0.0727. The first kappa shape index (κ1) is 43.7. The molecule has 4 aliphatic rings. The number of carbonyl (C=O) groups excluding carboxylic acids is 2. The molecular weight excluding hydrogens is 767 g/mol. The van der Waals surface area contributed by atoms with Crippen molar-refractivity contribution in [2.75, 3.05) is 17.6 Å². The largest absolute Gasteiger partial charge is 0.393 e. The van der Waals surface area contributed by atoms with Crippen LogP contribution in [0.25, 0.3) is 10.9 Å². The summed E-state index contributed by atoms with van der Waals surface area (Å²) in [5.74, 6) is 0.0989. The number of hydrogen-bond acceptors (Lipinski definition) is 9. The van der Waals surface area contributed by atoms with Gasteiger partial charge in [0.1, 0.15) is 0 Å². The van der Waals surface area contributed by atoms with Crippen molar-refractivity contribution in [1.29, 1.82) is 0 Å². The van der Waals surface area contributed by atoms with Crippen LogP contribution in [0, 0.1) is 53.3 Å². The van der Waals surface area contributed by atoms with Crippen LogP contribution in [0.1, 0.15) is 119 Å². The van der Waals surface area contributed by atoms with Crippen molar-refractivity contribution in [2.24, 2.45) is 46.3 Å². The van der Waals surface area contributed by atoms with Crippen LogP contribution in [0.2, 0.25) is 0 Å². The van der Waals surface area contributed by atoms with Gasteiger partial charge in [-0.2, -0.15) is 8.42 Å². The van der Waals surface area contributed by atoms with E-state index in [1.807, 2.05) is 31.2 Å². The summed E-state index contributed by atoms with van der Waals surface area (Å²) in [5, 5.41) is 43.3. The molecule has 4 fully saturated rings. The average Bonchev–Trinajstić information content (AvgIpc) is 3.54. The third kappa shape index (κ3) is 8.72. The summed E-state index contributed by atoms with van der Waals surface area (Å²) in [7, 11) is -4.14. The Hall–Kier alpha value is -3.42. The molecule has 11 nitrogen and oxygen atoms in total. The van der Waals surface area contributed by atoms with E-state index in [0.29, 0.717) is 56.3 Å². The molecule has 1 amide bonds. The first-order chi connectivity index (χ1) is 27.8. The topological polar surface area (TPSA) is 186 Å². The lowest BCUT2D eigenvalue weighted by Gasteiger charge is -2.64. The minimum atomic E-state index is -4.14. The highest BCUT2D eigenvalue weighted by atomic mass is 32.2. The number of anilines is 1. The summed E-state index contributed by atoms with van der Waals surface area (Å²) >= 11 is 0. The van der Waals surface area contributed by atoms with Crippen LogP contribution in [0.3, 0.4) is 0 Å². The Labute approximate surface area is 349 Å². The summed E-state index contributed by atoms with van der Waals surface area (Å²) in [6.07, 6.45) is 6.48. The smallest absolute Gasteiger partial charge is 0.266 e. The molecule has 11 atom stereocenters. The molecule has 1 aromatic heterocycles. The predicted molar refractivity (Wildman–Crippen MR) is 229 cm³/mol. The van der Waals surface area contributed by atoms with E-state index in [1.165, 1.54) is 0 Å². The maximum atomic E-state index is 12.7. The summed E-state index contributed by atoms with van der Waals surface area (Å²) in [5.41, 5.74) is 3.88. The Morgan fingerprint density at radius 3 is 2.49 bits per heavy atom. The molecule has 3 aromatic rings. The van der Waals surface area contributed by atoms with Gasteiger partial charge in [-0.15, -0.1) is 0 Å². The number of rotatable bonds is 14. The highest BCUT2D eigenvalue weighted by Crippen LogP contribution is 2.69. The Balaban J connectivity index is 0.974. The molecule has 7 rings (SSSR count). The summed E-state index contributed by atoms with van der Waals surface area (Å²) < 4.78 is 31.0. The Bertz CT molecular complexity index is 2160. The van der Waals surface area contributed by atoms with Gasteiger partial charge in [-0.3, -0.25) is 19.1 Å². The SMILES string of the molecule is CC(=O)c1c(C)nc2ccccc2c1NCc1cccc(CC[C@@]2(O)CC[C@@]3(C)C(CC(O)C4C3C[C@H](O)[C@@]3(C)C4CC[C@@H]3[C@H](C)CCC(=O)NCCS(=O)(=O)O)C2)c1. The second kappa shape index (κ2) is 16.8. The molecule has 0 spiro atoms. The van der Waals surface area contributed by atoms with Crippen LogP contribution in [0.4, 0.5) is 5.69 Å². The molecule has 4 saturated carbocycles. The van der Waals surface area contributed by atoms with E-state index in [2.05, 4.69) is 60.7 Å². The fraction of sp³-hybridized carbons (Fsp3) is 0.638. The fourth-order valence-corrected chi connectivity index (χ4v) is 13.2. The van der Waals surface area contributed by atoms with E-state index in [4.69, 9.17) is 4.55 Å². The third-order valence-corrected chi connectivity index (χ3v) is 16.7. The Kier molecular flexibility index (Phi) is 12.4. The first-order valence-electron chi connectivity index (χ1n) is 21.9. The van der Waals surface area contributed by atoms with Crippen molar-refractivity contribution in [3.8, 4) is 0 Å². The lowest BCUT2D eigenvalue weighted by molar-refractivity contribution is -0.216. The molecule has 6 N–H and O–H groups in total. The molecular formula is C47H65N3O8S. The van der Waals surface area contributed by atoms with Gasteiger partial charge in [0.05, 0.1) is 46.0 Å². The number of amides is 1. The second-order valence-electron chi connectivity index (χ2n) is 19.4. The van der Waals surface area contributed by atoms with Crippen LogP contribution >= 0.6 is 0 Å². The van der Waals surface area contributed by atoms with Crippen molar-refractivity contribution < 1.29 is 37.9 Å². The van der Waals surface area contributed by atoms with Crippen LogP contribution in [-0.2, 0) is 27.9 Å². The number of fused-ring (bicyclic) bond motifs is 6. The number of para-hydroxylation sites is 1. The summed E-state index contributed by atoms with van der Waals surface area (Å²) in [6.45, 7) is 10.6. The first-order valence-corrected chi connectivity index (χ1v) is 23.5. The number of aryl methyl sites for hydroxylation is 2. The molecule has 0 bridgehead atoms. The third-order valence-electron chi connectivity index (χ3n) is 16.0. The molecule has 0 saturated heterocycles. The number of pyridine rings is 1. The maximum absolute atomic E-state index is 12.7. The lowest BCUT2D eigenvalue weighted by atomic mass is 9.42. The van der Waals surface area contributed by atoms with E-state index in [1.54, 1.807) is 6.92 Å². The number of aliphatic hydroxyl groups is 3. The van der Waals surface area contributed by atoms with Crippen LogP contribution < -0.4 is 10.6 Å². The number of aromatic nitrogens is 1. The van der Waals surface area contributed by atoms with Gasteiger partial charge in [-0.1, -0.05) is 63.2 Å². The van der Waals surface area contributed by atoms with E-state index in [0.717, 1.165) is 53.4 Å². The zero-order chi connectivity index (χ0) is 42.5. The molecule has 322 valence electrons. The highest BCUT2D eigenvalue weighted by molar-refractivity contribution is 7.85. The van der Waals surface area contributed by atoms with Crippen LogP contribution in [-0.4, -0.2) is 75.1 Å². The highest BCUT2D eigenvalue weighted by Gasteiger charge is 2.66. The van der Waals surface area contributed by atoms with Gasteiger partial charge in [0, 0.05) is 24.9 Å². The normalized spacial score (nSPS) is 33.4. The number of Topliss-reactive ketones (excluding diaryl/α,β-unsaturated/α-hetero) is 1. The van der Waals surface area contributed by atoms with Gasteiger partial charge in [0.25, 0.3) is 10.1 Å². The molecule has 2 aromatic carbocycles. The van der Waals surface area contributed by atoms with E-state index < -0.39 is 33.7 Å². The molecule has 5 unspecified atom stereocenters. The number of nitrogens with one attached hydrogen (secondary N) is 2. The van der Waals surface area contributed by atoms with Gasteiger partial charge in [0.15, 0.2) is 5.78 Å². The maximum Gasteiger partial charge on any atom is 0.266 e. The fourth-order valence-electron chi connectivity index (χ4n) is 12.8. The lowest BCUT2D eigenvalue weighted by Crippen LogP contribution is -2.63. The van der Waals surface area contributed by atoms with Crippen molar-refractivity contribution in [3.05, 3.63) is 70.9 Å². The van der Waals surface area contributed by atoms with E-state index >= 15 is 0 Å². The molecule has 0 aliphatic heterocycles. The minimum Gasteiger partial charge on any atom is -0.393 e. The summed E-state index contributed by atoms with van der Waals surface area (Å²) in [4.78, 5) is 29.8. The number of nitrogens with zero attached hydrogens (tertiary/aromatic N) is 1. The molecule has 0 radical (unpaired) electrons. The molecule has 4 aliphatic carbocycles. The Morgan fingerprint density at radius 1 is 1.00 bits per heavy atom. The van der Waals surface area contributed by atoms with Crippen LogP contribution in [0.15, 0.2) is 48.5 Å². The van der Waals surface area contributed by atoms with E-state index in [-0.39, 0.29) is 71.0 Å². The van der Waals surface area contributed by atoms with E-state index in [9.17, 15) is 33.3 Å². The predicted octanol–water partition coefficient (Wildman–Crippen LogP) is 7.04.